The molecule has 0 aromatic rings. The zero-order valence-corrected chi connectivity index (χ0v) is 10.5. The molecule has 0 saturated heterocycles. The topological polar surface area (TPSA) is 0 Å². The molecule has 2 bridgehead atoms. The third-order valence-corrected chi connectivity index (χ3v) is 5.56. The van der Waals surface area contributed by atoms with Gasteiger partial charge in [-0.25, -0.2) is 0 Å². The van der Waals surface area contributed by atoms with Crippen LogP contribution in [-0.2, 0) is 0 Å². The van der Waals surface area contributed by atoms with Gasteiger partial charge in [-0.05, 0) is 54.3 Å². The monoisotopic (exact) mass is 194 g/mol. The quantitative estimate of drug-likeness (QED) is 0.542. The van der Waals surface area contributed by atoms with Crippen molar-refractivity contribution in [2.24, 2.45) is 41.4 Å². The van der Waals surface area contributed by atoms with Crippen LogP contribution in [0.2, 0.25) is 0 Å². The van der Waals surface area contributed by atoms with Crippen LogP contribution in [0.1, 0.15) is 47.5 Å². The summed E-state index contributed by atoms with van der Waals surface area (Å²) in [6, 6.07) is 0. The highest BCUT2D eigenvalue weighted by atomic mass is 14.5. The fraction of sp³-hybridized carbons (Fsp3) is 1.00. The van der Waals surface area contributed by atoms with E-state index in [1.807, 2.05) is 0 Å². The van der Waals surface area contributed by atoms with E-state index in [9.17, 15) is 0 Å². The molecule has 2 rings (SSSR count). The Hall–Kier alpha value is 0. The summed E-state index contributed by atoms with van der Waals surface area (Å²) in [6.45, 7) is 12.5. The Bertz CT molecular complexity index is 206. The molecular weight excluding hydrogens is 168 g/mol. The van der Waals surface area contributed by atoms with E-state index in [1.165, 1.54) is 12.8 Å². The first-order chi connectivity index (χ1) is 6.52. The highest BCUT2D eigenvalue weighted by molar-refractivity contribution is 4.95. The first kappa shape index (κ1) is 10.5. The minimum Gasteiger partial charge on any atom is -0.0622 e. The van der Waals surface area contributed by atoms with Crippen LogP contribution in [0.25, 0.3) is 0 Å². The Morgan fingerprint density at radius 3 is 1.86 bits per heavy atom. The maximum atomic E-state index is 2.52. The largest absolute Gasteiger partial charge is 0.0622 e. The lowest BCUT2D eigenvalue weighted by atomic mass is 9.77. The second-order valence-corrected chi connectivity index (χ2v) is 6.36. The smallest absolute Gasteiger partial charge is 0.0334 e. The summed E-state index contributed by atoms with van der Waals surface area (Å²) in [4.78, 5) is 0. The summed E-state index contributed by atoms with van der Waals surface area (Å²) in [7, 11) is 0. The zero-order valence-electron chi connectivity index (χ0n) is 10.5. The van der Waals surface area contributed by atoms with E-state index in [2.05, 4.69) is 34.6 Å². The van der Waals surface area contributed by atoms with E-state index in [-0.39, 0.29) is 0 Å². The lowest BCUT2D eigenvalue weighted by molar-refractivity contribution is 0.210. The summed E-state index contributed by atoms with van der Waals surface area (Å²) in [5.41, 5.74) is 0. The molecule has 2 fully saturated rings. The van der Waals surface area contributed by atoms with Gasteiger partial charge in [0.25, 0.3) is 0 Å². The van der Waals surface area contributed by atoms with Gasteiger partial charge < -0.3 is 0 Å². The molecule has 2 aliphatic rings. The third kappa shape index (κ3) is 1.42. The summed E-state index contributed by atoms with van der Waals surface area (Å²) in [5, 5.41) is 0. The molecule has 0 heteroatoms. The average Bonchev–Trinajstić information content (AvgIpc) is 2.36. The van der Waals surface area contributed by atoms with Crippen molar-refractivity contribution in [1.82, 2.24) is 0 Å². The predicted octanol–water partition coefficient (Wildman–Crippen LogP) is 4.21. The zero-order chi connectivity index (χ0) is 10.5. The van der Waals surface area contributed by atoms with Crippen LogP contribution in [0.4, 0.5) is 0 Å². The second kappa shape index (κ2) is 3.54. The van der Waals surface area contributed by atoms with Crippen molar-refractivity contribution in [3.05, 3.63) is 0 Å². The molecular formula is C14H26. The van der Waals surface area contributed by atoms with Crippen molar-refractivity contribution in [3.63, 3.8) is 0 Å². The number of hydrogen-bond acceptors (Lipinski definition) is 0. The summed E-state index contributed by atoms with van der Waals surface area (Å²) in [5.74, 6) is 6.89. The molecule has 0 aliphatic heterocycles. The molecule has 2 saturated carbocycles. The van der Waals surface area contributed by atoms with E-state index in [4.69, 9.17) is 0 Å². The van der Waals surface area contributed by atoms with Crippen LogP contribution >= 0.6 is 0 Å². The molecule has 0 heterocycles. The van der Waals surface area contributed by atoms with E-state index in [0.29, 0.717) is 0 Å². The molecule has 0 spiro atoms. The van der Waals surface area contributed by atoms with E-state index >= 15 is 0 Å². The fourth-order valence-corrected chi connectivity index (χ4v) is 4.76. The summed E-state index contributed by atoms with van der Waals surface area (Å²) >= 11 is 0. The standard InChI is InChI=1S/C14H26/c1-8-6-9(2)14-10(3)7-13(11(8)4)12(14)5/h8-14H,6-7H2,1-5H3. The van der Waals surface area contributed by atoms with Crippen molar-refractivity contribution in [2.75, 3.05) is 0 Å². The Morgan fingerprint density at radius 1 is 0.643 bits per heavy atom. The van der Waals surface area contributed by atoms with Gasteiger partial charge >= 0.3 is 0 Å². The Labute approximate surface area is 89.5 Å². The lowest BCUT2D eigenvalue weighted by Gasteiger charge is -2.29. The third-order valence-electron chi connectivity index (χ3n) is 5.56. The van der Waals surface area contributed by atoms with Gasteiger partial charge in [0.15, 0.2) is 0 Å². The number of fused-ring (bicyclic) bond motifs is 2. The molecule has 82 valence electrons. The van der Waals surface area contributed by atoms with Crippen LogP contribution in [0.3, 0.4) is 0 Å². The average molecular weight is 194 g/mol. The number of rotatable bonds is 0. The minimum absolute atomic E-state index is 0.954. The molecule has 0 nitrogen and oxygen atoms in total. The van der Waals surface area contributed by atoms with Crippen LogP contribution in [0, 0.1) is 41.4 Å². The lowest BCUT2D eigenvalue weighted by Crippen LogP contribution is -2.20. The van der Waals surface area contributed by atoms with Gasteiger partial charge in [-0.15, -0.1) is 0 Å². The first-order valence-corrected chi connectivity index (χ1v) is 6.52. The van der Waals surface area contributed by atoms with E-state index in [0.717, 1.165) is 41.4 Å². The molecule has 0 radical (unpaired) electrons. The van der Waals surface area contributed by atoms with Gasteiger partial charge in [-0.2, -0.15) is 0 Å². The maximum absolute atomic E-state index is 2.52. The van der Waals surface area contributed by atoms with Gasteiger partial charge in [0.2, 0.25) is 0 Å². The van der Waals surface area contributed by atoms with Crippen LogP contribution < -0.4 is 0 Å². The van der Waals surface area contributed by atoms with E-state index < -0.39 is 0 Å². The molecule has 0 aromatic carbocycles. The maximum Gasteiger partial charge on any atom is -0.0334 e. The predicted molar refractivity (Wildman–Crippen MR) is 62.0 cm³/mol. The normalized spacial score (nSPS) is 58.5. The fourth-order valence-electron chi connectivity index (χ4n) is 4.76. The van der Waals surface area contributed by atoms with Gasteiger partial charge in [0.1, 0.15) is 0 Å². The molecule has 0 amide bonds. The van der Waals surface area contributed by atoms with Gasteiger partial charge in [0, 0.05) is 0 Å². The highest BCUT2D eigenvalue weighted by Gasteiger charge is 2.46. The van der Waals surface area contributed by atoms with Gasteiger partial charge in [-0.1, -0.05) is 34.6 Å². The van der Waals surface area contributed by atoms with Gasteiger partial charge in [-0.3, -0.25) is 0 Å². The SMILES string of the molecule is CC1CC(C)C2C(C)CC(C1C)C2C. The highest BCUT2D eigenvalue weighted by Crippen LogP contribution is 2.54. The summed E-state index contributed by atoms with van der Waals surface area (Å²) < 4.78 is 0. The van der Waals surface area contributed by atoms with Crippen molar-refractivity contribution < 1.29 is 0 Å². The summed E-state index contributed by atoms with van der Waals surface area (Å²) in [6.07, 6.45) is 2.97. The number of hydrogen-bond donors (Lipinski definition) is 0. The molecule has 14 heavy (non-hydrogen) atoms. The van der Waals surface area contributed by atoms with Crippen molar-refractivity contribution >= 4 is 0 Å². The van der Waals surface area contributed by atoms with Crippen molar-refractivity contribution in [1.29, 1.82) is 0 Å². The van der Waals surface area contributed by atoms with Crippen molar-refractivity contribution in [3.8, 4) is 0 Å². The van der Waals surface area contributed by atoms with Gasteiger partial charge in [0.05, 0.1) is 0 Å². The Kier molecular flexibility index (Phi) is 2.66. The molecule has 2 aliphatic carbocycles. The Balaban J connectivity index is 2.26. The molecule has 7 unspecified atom stereocenters. The second-order valence-electron chi connectivity index (χ2n) is 6.36. The van der Waals surface area contributed by atoms with Crippen LogP contribution in [0.15, 0.2) is 0 Å². The van der Waals surface area contributed by atoms with Crippen molar-refractivity contribution in [2.45, 2.75) is 47.5 Å². The molecule has 7 atom stereocenters. The first-order valence-electron chi connectivity index (χ1n) is 6.52. The van der Waals surface area contributed by atoms with Crippen LogP contribution in [-0.4, -0.2) is 0 Å². The van der Waals surface area contributed by atoms with E-state index in [1.54, 1.807) is 0 Å². The Morgan fingerprint density at radius 2 is 1.21 bits per heavy atom. The van der Waals surface area contributed by atoms with Crippen LogP contribution in [0.5, 0.6) is 0 Å². The molecule has 0 N–H and O–H groups in total. The minimum atomic E-state index is 0.954. The molecule has 0 aromatic heterocycles.